The minimum absolute atomic E-state index is 0.0131. The van der Waals surface area contributed by atoms with E-state index in [1.807, 2.05) is 5.38 Å². The fourth-order valence-corrected chi connectivity index (χ4v) is 5.31. The first kappa shape index (κ1) is 16.9. The van der Waals surface area contributed by atoms with Gasteiger partial charge in [0.25, 0.3) is 10.0 Å². The summed E-state index contributed by atoms with van der Waals surface area (Å²) in [5.41, 5.74) is 1.03. The molecule has 1 atom stereocenters. The van der Waals surface area contributed by atoms with Crippen molar-refractivity contribution in [3.63, 3.8) is 0 Å². The predicted octanol–water partition coefficient (Wildman–Crippen LogP) is 2.05. The van der Waals surface area contributed by atoms with Gasteiger partial charge in [0.1, 0.15) is 4.21 Å². The molecule has 2 rings (SSSR count). The summed E-state index contributed by atoms with van der Waals surface area (Å²) >= 11 is 1.31. The molecule has 7 heteroatoms. The highest BCUT2D eigenvalue weighted by Crippen LogP contribution is 2.26. The highest BCUT2D eigenvalue weighted by Gasteiger charge is 2.31. The van der Waals surface area contributed by atoms with Gasteiger partial charge in [-0.3, -0.25) is 0 Å². The highest BCUT2D eigenvalue weighted by atomic mass is 32.2. The van der Waals surface area contributed by atoms with Gasteiger partial charge in [0.15, 0.2) is 0 Å². The van der Waals surface area contributed by atoms with E-state index in [4.69, 9.17) is 4.74 Å². The molecule has 0 bridgehead atoms. The second-order valence-corrected chi connectivity index (χ2v) is 8.39. The van der Waals surface area contributed by atoms with E-state index in [0.717, 1.165) is 37.9 Å². The van der Waals surface area contributed by atoms with Crippen LogP contribution in [0, 0.1) is 0 Å². The van der Waals surface area contributed by atoms with Crippen LogP contribution in [0.2, 0.25) is 0 Å². The second kappa shape index (κ2) is 7.69. The molecule has 1 saturated heterocycles. The Morgan fingerprint density at radius 1 is 1.52 bits per heavy atom. The number of ether oxygens (including phenoxy) is 1. The third-order valence-corrected chi connectivity index (χ3v) is 6.98. The Hall–Kier alpha value is -0.470. The number of hydrogen-bond donors (Lipinski definition) is 1. The maximum Gasteiger partial charge on any atom is 0.252 e. The molecule has 1 aromatic heterocycles. The van der Waals surface area contributed by atoms with Crippen LogP contribution in [0.4, 0.5) is 0 Å². The maximum absolute atomic E-state index is 12.7. The van der Waals surface area contributed by atoms with Gasteiger partial charge in [-0.1, -0.05) is 6.92 Å². The van der Waals surface area contributed by atoms with Crippen molar-refractivity contribution in [3.8, 4) is 0 Å². The summed E-state index contributed by atoms with van der Waals surface area (Å²) < 4.78 is 32.6. The molecule has 1 aliphatic rings. The summed E-state index contributed by atoms with van der Waals surface area (Å²) in [6, 6.07) is 1.79. The van der Waals surface area contributed by atoms with Crippen LogP contribution in [-0.4, -0.2) is 45.6 Å². The molecule has 1 unspecified atom stereocenters. The lowest BCUT2D eigenvalue weighted by molar-refractivity contribution is 0.0572. The molecule has 0 aromatic carbocycles. The Balaban J connectivity index is 2.05. The molecule has 0 aliphatic carbocycles. The maximum atomic E-state index is 12.7. The molecule has 0 spiro atoms. The van der Waals surface area contributed by atoms with Gasteiger partial charge < -0.3 is 10.1 Å². The third-order valence-electron chi connectivity index (χ3n) is 3.65. The molecular formula is C14H24N2O3S2. The van der Waals surface area contributed by atoms with Gasteiger partial charge >= 0.3 is 0 Å². The van der Waals surface area contributed by atoms with Gasteiger partial charge in [0.05, 0.1) is 6.10 Å². The van der Waals surface area contributed by atoms with E-state index in [9.17, 15) is 8.42 Å². The number of nitrogens with zero attached hydrogens (tertiary/aromatic N) is 1. The average Bonchev–Trinajstić information content (AvgIpc) is 2.97. The van der Waals surface area contributed by atoms with Gasteiger partial charge in [-0.25, -0.2) is 8.42 Å². The van der Waals surface area contributed by atoms with Crippen LogP contribution < -0.4 is 5.32 Å². The molecule has 0 radical (unpaired) electrons. The Labute approximate surface area is 131 Å². The first-order valence-electron chi connectivity index (χ1n) is 7.39. The Bertz CT molecular complexity index is 542. The van der Waals surface area contributed by atoms with Crippen molar-refractivity contribution in [1.29, 1.82) is 0 Å². The lowest BCUT2D eigenvalue weighted by Crippen LogP contribution is -2.42. The summed E-state index contributed by atoms with van der Waals surface area (Å²) in [4.78, 5) is 0. The summed E-state index contributed by atoms with van der Waals surface area (Å²) in [6.45, 7) is 4.82. The Kier molecular flexibility index (Phi) is 6.19. The van der Waals surface area contributed by atoms with E-state index >= 15 is 0 Å². The normalized spacial score (nSPS) is 20.8. The largest absolute Gasteiger partial charge is 0.380 e. The molecule has 1 aromatic rings. The van der Waals surface area contributed by atoms with Crippen LogP contribution in [-0.2, 0) is 21.3 Å². The molecule has 120 valence electrons. The topological polar surface area (TPSA) is 58.6 Å². The minimum Gasteiger partial charge on any atom is -0.380 e. The monoisotopic (exact) mass is 332 g/mol. The Morgan fingerprint density at radius 2 is 2.33 bits per heavy atom. The number of nitrogens with one attached hydrogen (secondary N) is 1. The van der Waals surface area contributed by atoms with Crippen molar-refractivity contribution in [2.75, 3.05) is 26.7 Å². The van der Waals surface area contributed by atoms with Gasteiger partial charge in [0, 0.05) is 26.7 Å². The lowest BCUT2D eigenvalue weighted by Gasteiger charge is -2.30. The van der Waals surface area contributed by atoms with Gasteiger partial charge in [-0.15, -0.1) is 11.3 Å². The number of methoxy groups -OCH3 is 1. The van der Waals surface area contributed by atoms with Gasteiger partial charge in [-0.05, 0) is 42.8 Å². The molecular weight excluding hydrogens is 308 g/mol. The second-order valence-electron chi connectivity index (χ2n) is 5.31. The van der Waals surface area contributed by atoms with Crippen molar-refractivity contribution >= 4 is 21.4 Å². The number of sulfonamides is 1. The minimum atomic E-state index is -3.37. The molecule has 1 aliphatic heterocycles. The van der Waals surface area contributed by atoms with Gasteiger partial charge in [0.2, 0.25) is 0 Å². The smallest absolute Gasteiger partial charge is 0.252 e. The van der Waals surface area contributed by atoms with Crippen molar-refractivity contribution in [3.05, 3.63) is 17.0 Å². The molecule has 2 heterocycles. The van der Waals surface area contributed by atoms with Crippen LogP contribution in [0.5, 0.6) is 0 Å². The van der Waals surface area contributed by atoms with Crippen molar-refractivity contribution in [2.24, 2.45) is 0 Å². The zero-order valence-corrected chi connectivity index (χ0v) is 14.3. The zero-order valence-electron chi connectivity index (χ0n) is 12.7. The number of rotatable bonds is 7. The van der Waals surface area contributed by atoms with Crippen molar-refractivity contribution in [1.82, 2.24) is 9.62 Å². The standard InChI is InChI=1S/C14H24N2O3S2/c1-3-6-15-9-12-8-14(20-11-12)21(17,18)16-7-4-5-13(10-16)19-2/h8,11,13,15H,3-7,9-10H2,1-2H3. The fraction of sp³-hybridized carbons (Fsp3) is 0.714. The quantitative estimate of drug-likeness (QED) is 0.777. The summed E-state index contributed by atoms with van der Waals surface area (Å²) in [5, 5.41) is 5.21. The molecule has 1 N–H and O–H groups in total. The molecule has 1 fully saturated rings. The number of piperidine rings is 1. The third kappa shape index (κ3) is 4.26. The van der Waals surface area contributed by atoms with Crippen LogP contribution in [0.3, 0.4) is 0 Å². The fourth-order valence-electron chi connectivity index (χ4n) is 2.43. The zero-order chi connectivity index (χ0) is 15.3. The lowest BCUT2D eigenvalue weighted by atomic mass is 10.1. The number of thiophene rings is 1. The van der Waals surface area contributed by atoms with E-state index in [1.165, 1.54) is 11.3 Å². The summed E-state index contributed by atoms with van der Waals surface area (Å²) in [5.74, 6) is 0. The molecule has 0 amide bonds. The van der Waals surface area contributed by atoms with Crippen LogP contribution in [0.15, 0.2) is 15.7 Å². The van der Waals surface area contributed by atoms with Crippen LogP contribution >= 0.6 is 11.3 Å². The van der Waals surface area contributed by atoms with Crippen LogP contribution in [0.1, 0.15) is 31.7 Å². The van der Waals surface area contributed by atoms with Gasteiger partial charge in [-0.2, -0.15) is 4.31 Å². The summed E-state index contributed by atoms with van der Waals surface area (Å²) in [6.07, 6.45) is 2.87. The first-order valence-corrected chi connectivity index (χ1v) is 9.71. The molecule has 0 saturated carbocycles. The van der Waals surface area contributed by atoms with E-state index in [1.54, 1.807) is 17.5 Å². The summed E-state index contributed by atoms with van der Waals surface area (Å²) in [7, 11) is -1.73. The van der Waals surface area contributed by atoms with Crippen molar-refractivity contribution < 1.29 is 13.2 Å². The average molecular weight is 332 g/mol. The highest BCUT2D eigenvalue weighted by molar-refractivity contribution is 7.91. The number of hydrogen-bond acceptors (Lipinski definition) is 5. The van der Waals surface area contributed by atoms with E-state index in [-0.39, 0.29) is 6.10 Å². The molecule has 21 heavy (non-hydrogen) atoms. The Morgan fingerprint density at radius 3 is 3.05 bits per heavy atom. The first-order chi connectivity index (χ1) is 10.1. The van der Waals surface area contributed by atoms with Crippen molar-refractivity contribution in [2.45, 2.75) is 43.0 Å². The van der Waals surface area contributed by atoms with E-state index in [0.29, 0.717) is 17.3 Å². The predicted molar refractivity (Wildman–Crippen MR) is 85.1 cm³/mol. The van der Waals surface area contributed by atoms with E-state index in [2.05, 4.69) is 12.2 Å². The van der Waals surface area contributed by atoms with E-state index < -0.39 is 10.0 Å². The SMILES string of the molecule is CCCNCc1csc(S(=O)(=O)N2CCCC(OC)C2)c1. The molecule has 5 nitrogen and oxygen atoms in total. The van der Waals surface area contributed by atoms with Crippen LogP contribution in [0.25, 0.3) is 0 Å².